The summed E-state index contributed by atoms with van der Waals surface area (Å²) in [6, 6.07) is 13.8. The van der Waals surface area contributed by atoms with E-state index in [1.54, 1.807) is 4.90 Å². The molecule has 1 atom stereocenters. The number of benzene rings is 1. The zero-order chi connectivity index (χ0) is 22.9. The molecule has 3 amide bonds. The van der Waals surface area contributed by atoms with Crippen LogP contribution in [-0.2, 0) is 4.79 Å². The highest BCUT2D eigenvalue weighted by Gasteiger charge is 2.27. The monoisotopic (exact) mass is 438 g/mol. The van der Waals surface area contributed by atoms with Crippen molar-refractivity contribution in [1.82, 2.24) is 25.3 Å². The first-order valence-electron chi connectivity index (χ1n) is 11.5. The molecule has 1 N–H and O–H groups in total. The molecular weight excluding hydrogens is 404 g/mol. The number of aromatic nitrogens is 2. The van der Waals surface area contributed by atoms with Crippen LogP contribution in [0.25, 0.3) is 11.3 Å². The number of piperazine rings is 1. The van der Waals surface area contributed by atoms with Crippen molar-refractivity contribution in [1.29, 1.82) is 0 Å². The highest BCUT2D eigenvalue weighted by Crippen LogP contribution is 2.19. The molecule has 0 aliphatic carbocycles. The molecule has 2 heterocycles. The Hall–Kier alpha value is -3.16. The first-order valence-corrected chi connectivity index (χ1v) is 11.5. The van der Waals surface area contributed by atoms with Crippen LogP contribution >= 0.6 is 0 Å². The molecule has 1 aliphatic heterocycles. The maximum absolute atomic E-state index is 12.9. The summed E-state index contributed by atoms with van der Waals surface area (Å²) in [4.78, 5) is 31.1. The van der Waals surface area contributed by atoms with E-state index in [-0.39, 0.29) is 24.5 Å². The number of hydrogen-bond acceptors (Lipinski definition) is 5. The van der Waals surface area contributed by atoms with Gasteiger partial charge in [-0.2, -0.15) is 0 Å². The van der Waals surface area contributed by atoms with E-state index in [4.69, 9.17) is 0 Å². The number of anilines is 1. The number of urea groups is 1. The summed E-state index contributed by atoms with van der Waals surface area (Å²) in [7, 11) is 0. The van der Waals surface area contributed by atoms with Gasteiger partial charge in [-0.1, -0.05) is 44.2 Å². The SMILES string of the molecule is CCCNC(=O)N(CC(=O)N1CCN(c2ccc(-c3ccccc3)nn2)CC1)[C@H](C)CC. The Morgan fingerprint density at radius 3 is 2.34 bits per heavy atom. The van der Waals surface area contributed by atoms with Gasteiger partial charge in [0, 0.05) is 44.3 Å². The van der Waals surface area contributed by atoms with Crippen LogP contribution in [-0.4, -0.2) is 77.2 Å². The summed E-state index contributed by atoms with van der Waals surface area (Å²) in [5.41, 5.74) is 1.88. The zero-order valence-corrected chi connectivity index (χ0v) is 19.3. The summed E-state index contributed by atoms with van der Waals surface area (Å²) in [5, 5.41) is 11.7. The molecule has 8 nitrogen and oxygen atoms in total. The van der Waals surface area contributed by atoms with E-state index in [1.165, 1.54) is 0 Å². The maximum atomic E-state index is 12.9. The Morgan fingerprint density at radius 2 is 1.75 bits per heavy atom. The van der Waals surface area contributed by atoms with Crippen LogP contribution < -0.4 is 10.2 Å². The normalized spacial score (nSPS) is 14.7. The van der Waals surface area contributed by atoms with Crippen molar-refractivity contribution >= 4 is 17.8 Å². The van der Waals surface area contributed by atoms with Crippen LogP contribution in [0.3, 0.4) is 0 Å². The minimum Gasteiger partial charge on any atom is -0.352 e. The zero-order valence-electron chi connectivity index (χ0n) is 19.3. The summed E-state index contributed by atoms with van der Waals surface area (Å²) < 4.78 is 0. The summed E-state index contributed by atoms with van der Waals surface area (Å²) in [5.74, 6) is 0.805. The molecular formula is C24H34N6O2. The molecule has 2 aromatic rings. The Morgan fingerprint density at radius 1 is 1.03 bits per heavy atom. The highest BCUT2D eigenvalue weighted by molar-refractivity contribution is 5.84. The molecule has 32 heavy (non-hydrogen) atoms. The Kier molecular flexibility index (Phi) is 8.41. The van der Waals surface area contributed by atoms with Gasteiger partial charge < -0.3 is 20.0 Å². The second-order valence-corrected chi connectivity index (χ2v) is 8.13. The predicted molar refractivity (Wildman–Crippen MR) is 126 cm³/mol. The standard InChI is InChI=1S/C24H34N6O2/c1-4-13-25-24(32)30(19(3)5-2)18-23(31)29-16-14-28(15-17-29)22-12-11-21(26-27-22)20-9-7-6-8-10-20/h6-12,19H,4-5,13-18H2,1-3H3,(H,25,32)/t19-/m1/s1. The van der Waals surface area contributed by atoms with E-state index in [0.29, 0.717) is 32.7 Å². The number of nitrogens with zero attached hydrogens (tertiary/aromatic N) is 5. The van der Waals surface area contributed by atoms with E-state index in [2.05, 4.69) is 20.4 Å². The van der Waals surface area contributed by atoms with Crippen LogP contribution in [0.15, 0.2) is 42.5 Å². The molecule has 0 spiro atoms. The van der Waals surface area contributed by atoms with Crippen molar-refractivity contribution in [2.45, 2.75) is 39.7 Å². The Balaban J connectivity index is 1.55. The lowest BCUT2D eigenvalue weighted by Gasteiger charge is -2.37. The molecule has 172 valence electrons. The fourth-order valence-electron chi connectivity index (χ4n) is 3.67. The molecule has 1 saturated heterocycles. The van der Waals surface area contributed by atoms with Crippen LogP contribution in [0.5, 0.6) is 0 Å². The van der Waals surface area contributed by atoms with Crippen molar-refractivity contribution in [2.24, 2.45) is 0 Å². The predicted octanol–water partition coefficient (Wildman–Crippen LogP) is 3.01. The lowest BCUT2D eigenvalue weighted by molar-refractivity contribution is -0.132. The molecule has 0 unspecified atom stereocenters. The topological polar surface area (TPSA) is 81.7 Å². The van der Waals surface area contributed by atoms with Crippen LogP contribution in [0.2, 0.25) is 0 Å². The van der Waals surface area contributed by atoms with Gasteiger partial charge in [0.2, 0.25) is 5.91 Å². The number of hydrogen-bond donors (Lipinski definition) is 1. The maximum Gasteiger partial charge on any atom is 0.318 e. The van der Waals surface area contributed by atoms with Crippen LogP contribution in [0, 0.1) is 0 Å². The average Bonchev–Trinajstić information content (AvgIpc) is 2.86. The van der Waals surface area contributed by atoms with Crippen molar-refractivity contribution in [2.75, 3.05) is 44.2 Å². The lowest BCUT2D eigenvalue weighted by Crippen LogP contribution is -2.54. The van der Waals surface area contributed by atoms with Gasteiger partial charge in [-0.3, -0.25) is 4.79 Å². The number of rotatable bonds is 8. The van der Waals surface area contributed by atoms with Crippen molar-refractivity contribution < 1.29 is 9.59 Å². The van der Waals surface area contributed by atoms with Crippen LogP contribution in [0.4, 0.5) is 10.6 Å². The largest absolute Gasteiger partial charge is 0.352 e. The minimum absolute atomic E-state index is 0.00972. The molecule has 1 aromatic carbocycles. The second kappa shape index (κ2) is 11.5. The van der Waals surface area contributed by atoms with Crippen molar-refractivity contribution in [3.63, 3.8) is 0 Å². The van der Waals surface area contributed by atoms with E-state index in [0.717, 1.165) is 29.9 Å². The number of carbonyl (C=O) groups is 2. The quantitative estimate of drug-likeness (QED) is 0.685. The Bertz CT molecular complexity index is 866. The van der Waals surface area contributed by atoms with Crippen LogP contribution in [0.1, 0.15) is 33.6 Å². The minimum atomic E-state index is -0.165. The molecule has 0 bridgehead atoms. The summed E-state index contributed by atoms with van der Waals surface area (Å²) in [6.07, 6.45) is 1.67. The van der Waals surface area contributed by atoms with Gasteiger partial charge in [-0.25, -0.2) is 4.79 Å². The molecule has 1 aliphatic rings. The third-order valence-electron chi connectivity index (χ3n) is 5.89. The lowest BCUT2D eigenvalue weighted by atomic mass is 10.1. The number of carbonyl (C=O) groups excluding carboxylic acids is 2. The van der Waals surface area contributed by atoms with E-state index in [1.807, 2.05) is 68.1 Å². The van der Waals surface area contributed by atoms with E-state index >= 15 is 0 Å². The molecule has 3 rings (SSSR count). The summed E-state index contributed by atoms with van der Waals surface area (Å²) >= 11 is 0. The van der Waals surface area contributed by atoms with Gasteiger partial charge in [0.15, 0.2) is 5.82 Å². The molecule has 1 aromatic heterocycles. The van der Waals surface area contributed by atoms with Gasteiger partial charge in [-0.05, 0) is 31.9 Å². The van der Waals surface area contributed by atoms with Crippen molar-refractivity contribution in [3.05, 3.63) is 42.5 Å². The van der Waals surface area contributed by atoms with Gasteiger partial charge in [-0.15, -0.1) is 10.2 Å². The number of amides is 3. The van der Waals surface area contributed by atoms with Gasteiger partial charge in [0.05, 0.1) is 5.69 Å². The first kappa shape index (κ1) is 23.5. The van der Waals surface area contributed by atoms with E-state index < -0.39 is 0 Å². The third-order valence-corrected chi connectivity index (χ3v) is 5.89. The summed E-state index contributed by atoms with van der Waals surface area (Å²) in [6.45, 7) is 9.33. The molecule has 0 radical (unpaired) electrons. The Labute approximate surface area is 190 Å². The van der Waals surface area contributed by atoms with Crippen molar-refractivity contribution in [3.8, 4) is 11.3 Å². The number of nitrogens with one attached hydrogen (secondary N) is 1. The first-order chi connectivity index (χ1) is 15.5. The van der Waals surface area contributed by atoms with Gasteiger partial charge in [0.1, 0.15) is 6.54 Å². The average molecular weight is 439 g/mol. The molecule has 8 heteroatoms. The van der Waals surface area contributed by atoms with E-state index in [9.17, 15) is 9.59 Å². The fourth-order valence-corrected chi connectivity index (χ4v) is 3.67. The third kappa shape index (κ3) is 5.96. The smallest absolute Gasteiger partial charge is 0.318 e. The van der Waals surface area contributed by atoms with Gasteiger partial charge in [0.25, 0.3) is 0 Å². The molecule has 0 saturated carbocycles. The van der Waals surface area contributed by atoms with Gasteiger partial charge >= 0.3 is 6.03 Å². The highest BCUT2D eigenvalue weighted by atomic mass is 16.2. The molecule has 1 fully saturated rings. The fraction of sp³-hybridized carbons (Fsp3) is 0.500. The second-order valence-electron chi connectivity index (χ2n) is 8.13.